The maximum atomic E-state index is 9.97. The highest BCUT2D eigenvalue weighted by Gasteiger charge is 2.14. The molecule has 1 aromatic carbocycles. The topological polar surface area (TPSA) is 94.2 Å². The molecule has 0 aliphatic rings. The molecule has 0 saturated carbocycles. The van der Waals surface area contributed by atoms with E-state index in [1.165, 1.54) is 11.3 Å². The molecule has 0 bridgehead atoms. The van der Waals surface area contributed by atoms with Gasteiger partial charge in [0.2, 0.25) is 0 Å². The Hall–Kier alpha value is -1.90. The van der Waals surface area contributed by atoms with Crippen molar-refractivity contribution in [1.82, 2.24) is 10.2 Å². The number of azo groups is 1. The van der Waals surface area contributed by atoms with Crippen molar-refractivity contribution in [3.63, 3.8) is 0 Å². The maximum absolute atomic E-state index is 9.97. The first-order valence-corrected chi connectivity index (χ1v) is 9.26. The van der Waals surface area contributed by atoms with Gasteiger partial charge in [0.1, 0.15) is 5.01 Å². The second kappa shape index (κ2) is 9.55. The van der Waals surface area contributed by atoms with E-state index in [1.54, 1.807) is 0 Å². The zero-order valence-corrected chi connectivity index (χ0v) is 15.6. The molecule has 25 heavy (non-hydrogen) atoms. The van der Waals surface area contributed by atoms with Crippen LogP contribution in [0.15, 0.2) is 34.5 Å². The van der Waals surface area contributed by atoms with Gasteiger partial charge in [-0.3, -0.25) is 0 Å². The Morgan fingerprint density at radius 3 is 2.08 bits per heavy atom. The van der Waals surface area contributed by atoms with Crippen LogP contribution in [0.4, 0.5) is 16.5 Å². The number of aryl methyl sites for hydroxylation is 1. The van der Waals surface area contributed by atoms with Gasteiger partial charge >= 0.3 is 0 Å². The largest absolute Gasteiger partial charge is 0.391 e. The van der Waals surface area contributed by atoms with Crippen molar-refractivity contribution < 1.29 is 10.2 Å². The minimum atomic E-state index is -0.427. The molecule has 8 heteroatoms. The molecule has 2 rings (SSSR count). The summed E-state index contributed by atoms with van der Waals surface area (Å²) >= 11 is 1.39. The standard InChI is InChI=1S/C17H25N5O2S/c1-4-15(23)10-22(11-16(24)5-2)14-8-6-13(7-9-14)19-21-17-20-18-12(3)25-17/h6-9,15-16,23-24H,4-5,10-11H2,1-3H3. The molecule has 0 saturated heterocycles. The van der Waals surface area contributed by atoms with Gasteiger partial charge in [0.05, 0.1) is 17.9 Å². The van der Waals surface area contributed by atoms with Crippen LogP contribution in [0.25, 0.3) is 0 Å². The maximum Gasteiger partial charge on any atom is 0.251 e. The molecule has 136 valence electrons. The highest BCUT2D eigenvalue weighted by Crippen LogP contribution is 2.24. The van der Waals surface area contributed by atoms with E-state index in [2.05, 4.69) is 20.4 Å². The number of benzene rings is 1. The predicted molar refractivity (Wildman–Crippen MR) is 100 cm³/mol. The van der Waals surface area contributed by atoms with Gasteiger partial charge in [0, 0.05) is 18.8 Å². The monoisotopic (exact) mass is 363 g/mol. The average molecular weight is 363 g/mol. The summed E-state index contributed by atoms with van der Waals surface area (Å²) in [6, 6.07) is 7.56. The van der Waals surface area contributed by atoms with Crippen LogP contribution in [0.5, 0.6) is 0 Å². The fourth-order valence-electron chi connectivity index (χ4n) is 2.21. The fourth-order valence-corrected chi connectivity index (χ4v) is 2.72. The van der Waals surface area contributed by atoms with Gasteiger partial charge in [-0.25, -0.2) is 0 Å². The molecular weight excluding hydrogens is 338 g/mol. The SMILES string of the molecule is CCC(O)CN(CC(O)CC)c1ccc(N=Nc2nnc(C)s2)cc1. The third kappa shape index (κ3) is 6.15. The summed E-state index contributed by atoms with van der Waals surface area (Å²) in [7, 11) is 0. The van der Waals surface area contributed by atoms with Crippen LogP contribution in [-0.4, -0.2) is 45.7 Å². The lowest BCUT2D eigenvalue weighted by Gasteiger charge is -2.29. The number of aliphatic hydroxyl groups is 2. The fraction of sp³-hybridized carbons (Fsp3) is 0.529. The third-order valence-electron chi connectivity index (χ3n) is 3.79. The summed E-state index contributed by atoms with van der Waals surface area (Å²) < 4.78 is 0. The normalized spacial score (nSPS) is 14.0. The van der Waals surface area contributed by atoms with Crippen molar-refractivity contribution in [1.29, 1.82) is 0 Å². The molecule has 0 spiro atoms. The summed E-state index contributed by atoms with van der Waals surface area (Å²) in [6.07, 6.45) is 0.492. The van der Waals surface area contributed by atoms with E-state index in [4.69, 9.17) is 0 Å². The highest BCUT2D eigenvalue weighted by atomic mass is 32.1. The van der Waals surface area contributed by atoms with Crippen molar-refractivity contribution in [2.45, 2.75) is 45.8 Å². The van der Waals surface area contributed by atoms with Gasteiger partial charge in [0.15, 0.2) is 0 Å². The van der Waals surface area contributed by atoms with Crippen LogP contribution < -0.4 is 4.90 Å². The highest BCUT2D eigenvalue weighted by molar-refractivity contribution is 7.14. The molecule has 2 aromatic rings. The second-order valence-corrected chi connectivity index (χ2v) is 7.01. The lowest BCUT2D eigenvalue weighted by molar-refractivity contribution is 0.154. The molecule has 0 fully saturated rings. The van der Waals surface area contributed by atoms with E-state index in [0.29, 0.717) is 36.8 Å². The predicted octanol–water partition coefficient (Wildman–Crippen LogP) is 3.61. The van der Waals surface area contributed by atoms with Crippen LogP contribution in [0.2, 0.25) is 0 Å². The Morgan fingerprint density at radius 1 is 1.00 bits per heavy atom. The Morgan fingerprint density at radius 2 is 1.60 bits per heavy atom. The number of aliphatic hydroxyl groups excluding tert-OH is 2. The number of hydrogen-bond acceptors (Lipinski definition) is 8. The molecule has 2 atom stereocenters. The molecule has 2 unspecified atom stereocenters. The minimum Gasteiger partial charge on any atom is -0.391 e. The second-order valence-electron chi connectivity index (χ2n) is 5.85. The number of hydrogen-bond donors (Lipinski definition) is 2. The zero-order chi connectivity index (χ0) is 18.2. The van der Waals surface area contributed by atoms with E-state index >= 15 is 0 Å². The van der Waals surface area contributed by atoms with E-state index in [0.717, 1.165) is 10.7 Å². The third-order valence-corrected chi connectivity index (χ3v) is 4.51. The minimum absolute atomic E-state index is 0.427. The lowest BCUT2D eigenvalue weighted by Crippen LogP contribution is -2.37. The molecule has 7 nitrogen and oxygen atoms in total. The molecular formula is C17H25N5O2S. The Balaban J connectivity index is 2.09. The summed E-state index contributed by atoms with van der Waals surface area (Å²) in [5.41, 5.74) is 1.65. The van der Waals surface area contributed by atoms with Gasteiger partial charge in [-0.1, -0.05) is 25.2 Å². The van der Waals surface area contributed by atoms with Gasteiger partial charge < -0.3 is 15.1 Å². The zero-order valence-electron chi connectivity index (χ0n) is 14.8. The smallest absolute Gasteiger partial charge is 0.251 e. The molecule has 0 amide bonds. The Labute approximate surface area is 152 Å². The van der Waals surface area contributed by atoms with Gasteiger partial charge in [0.25, 0.3) is 5.13 Å². The van der Waals surface area contributed by atoms with Gasteiger partial charge in [-0.05, 0) is 44.0 Å². The average Bonchev–Trinajstić information content (AvgIpc) is 3.04. The molecule has 0 radical (unpaired) electrons. The molecule has 0 aliphatic carbocycles. The number of nitrogens with zero attached hydrogens (tertiary/aromatic N) is 5. The number of rotatable bonds is 9. The molecule has 0 aliphatic heterocycles. The molecule has 2 N–H and O–H groups in total. The van der Waals surface area contributed by atoms with Crippen LogP contribution in [0.1, 0.15) is 31.7 Å². The van der Waals surface area contributed by atoms with Crippen molar-refractivity contribution in [2.75, 3.05) is 18.0 Å². The van der Waals surface area contributed by atoms with E-state index in [9.17, 15) is 10.2 Å². The van der Waals surface area contributed by atoms with Crippen LogP contribution in [-0.2, 0) is 0 Å². The first-order valence-electron chi connectivity index (χ1n) is 8.44. The van der Waals surface area contributed by atoms with Gasteiger partial charge in [-0.15, -0.1) is 20.4 Å². The lowest BCUT2D eigenvalue weighted by atomic mass is 10.2. The van der Waals surface area contributed by atoms with Crippen molar-refractivity contribution >= 4 is 27.8 Å². The van der Waals surface area contributed by atoms with Crippen molar-refractivity contribution in [3.8, 4) is 0 Å². The van der Waals surface area contributed by atoms with Crippen LogP contribution >= 0.6 is 11.3 Å². The van der Waals surface area contributed by atoms with Gasteiger partial charge in [-0.2, -0.15) is 0 Å². The molecule has 1 heterocycles. The Kier molecular flexibility index (Phi) is 7.42. The number of anilines is 1. The molecule has 1 aromatic heterocycles. The Bertz CT molecular complexity index is 662. The summed E-state index contributed by atoms with van der Waals surface area (Å²) in [6.45, 7) is 6.72. The van der Waals surface area contributed by atoms with Crippen LogP contribution in [0.3, 0.4) is 0 Å². The summed E-state index contributed by atoms with van der Waals surface area (Å²) in [5, 5.41) is 37.4. The van der Waals surface area contributed by atoms with E-state index in [-0.39, 0.29) is 0 Å². The summed E-state index contributed by atoms with van der Waals surface area (Å²) in [5.74, 6) is 0. The first kappa shape index (κ1) is 19.4. The first-order chi connectivity index (χ1) is 12.0. The van der Waals surface area contributed by atoms with E-state index in [1.807, 2.05) is 49.9 Å². The van der Waals surface area contributed by atoms with E-state index < -0.39 is 12.2 Å². The number of aromatic nitrogens is 2. The van der Waals surface area contributed by atoms with Crippen molar-refractivity contribution in [2.24, 2.45) is 10.2 Å². The quantitative estimate of drug-likeness (QED) is 0.664. The summed E-state index contributed by atoms with van der Waals surface area (Å²) in [4.78, 5) is 2.00. The van der Waals surface area contributed by atoms with Crippen LogP contribution in [0, 0.1) is 6.92 Å². The van der Waals surface area contributed by atoms with Crippen molar-refractivity contribution in [3.05, 3.63) is 29.3 Å².